The van der Waals surface area contributed by atoms with Crippen molar-refractivity contribution in [1.29, 1.82) is 0 Å². The van der Waals surface area contributed by atoms with E-state index < -0.39 is 0 Å². The number of pyridine rings is 1. The molecule has 3 N–H and O–H groups in total. The molecule has 1 unspecified atom stereocenters. The molecule has 3 rings (SSSR count). The average molecular weight is 269 g/mol. The van der Waals surface area contributed by atoms with Crippen LogP contribution in [-0.4, -0.2) is 23.5 Å². The summed E-state index contributed by atoms with van der Waals surface area (Å²) in [6.07, 6.45) is 4.67. The molecule has 1 aliphatic rings. The van der Waals surface area contributed by atoms with Gasteiger partial charge in [-0.05, 0) is 43.0 Å². The maximum absolute atomic E-state index is 12.1. The van der Waals surface area contributed by atoms with E-state index in [9.17, 15) is 4.79 Å². The normalized spacial score (nSPS) is 16.1. The Morgan fingerprint density at radius 1 is 1.40 bits per heavy atom. The summed E-state index contributed by atoms with van der Waals surface area (Å²) in [5.74, 6) is -0.0639. The Balaban J connectivity index is 1.74. The van der Waals surface area contributed by atoms with Crippen LogP contribution >= 0.6 is 0 Å². The number of benzene rings is 1. The lowest BCUT2D eigenvalue weighted by molar-refractivity contribution is -0.124. The Hall–Kier alpha value is -1.94. The third kappa shape index (κ3) is 2.96. The molecule has 1 fully saturated rings. The first-order valence-corrected chi connectivity index (χ1v) is 7.10. The molecular formula is C16H19N3O. The predicted octanol–water partition coefficient (Wildman–Crippen LogP) is 1.63. The number of fused-ring (bicyclic) bond motifs is 1. The largest absolute Gasteiger partial charge is 0.353 e. The highest BCUT2D eigenvalue weighted by molar-refractivity contribution is 5.81. The van der Waals surface area contributed by atoms with Gasteiger partial charge in [-0.15, -0.1) is 0 Å². The van der Waals surface area contributed by atoms with Gasteiger partial charge in [-0.1, -0.05) is 12.1 Å². The van der Waals surface area contributed by atoms with Gasteiger partial charge < -0.3 is 11.1 Å². The summed E-state index contributed by atoms with van der Waals surface area (Å²) in [5, 5.41) is 4.13. The number of carbonyl (C=O) groups excluding carboxylic acids is 1. The number of rotatable bonds is 5. The van der Waals surface area contributed by atoms with Crippen molar-refractivity contribution in [2.45, 2.75) is 25.3 Å². The Morgan fingerprint density at radius 3 is 3.00 bits per heavy atom. The topological polar surface area (TPSA) is 68.0 Å². The van der Waals surface area contributed by atoms with Crippen molar-refractivity contribution in [1.82, 2.24) is 10.3 Å². The second-order valence-electron chi connectivity index (χ2n) is 5.45. The molecular weight excluding hydrogens is 250 g/mol. The van der Waals surface area contributed by atoms with Crippen molar-refractivity contribution in [2.75, 3.05) is 6.54 Å². The molecule has 1 amide bonds. The molecule has 2 aromatic rings. The maximum Gasteiger partial charge on any atom is 0.224 e. The van der Waals surface area contributed by atoms with E-state index in [-0.39, 0.29) is 11.8 Å². The van der Waals surface area contributed by atoms with E-state index in [0.717, 1.165) is 29.3 Å². The van der Waals surface area contributed by atoms with Crippen LogP contribution in [0.5, 0.6) is 0 Å². The minimum Gasteiger partial charge on any atom is -0.353 e. The maximum atomic E-state index is 12.1. The first-order valence-electron chi connectivity index (χ1n) is 7.10. The van der Waals surface area contributed by atoms with Crippen LogP contribution in [0.2, 0.25) is 0 Å². The zero-order valence-electron chi connectivity index (χ0n) is 11.4. The molecule has 0 radical (unpaired) electrons. The molecule has 0 aliphatic heterocycles. The fourth-order valence-electron chi connectivity index (χ4n) is 2.37. The summed E-state index contributed by atoms with van der Waals surface area (Å²) in [5.41, 5.74) is 7.86. The zero-order valence-corrected chi connectivity index (χ0v) is 11.4. The van der Waals surface area contributed by atoms with Gasteiger partial charge in [0.1, 0.15) is 0 Å². The smallest absolute Gasteiger partial charge is 0.224 e. The number of amides is 1. The van der Waals surface area contributed by atoms with Crippen molar-refractivity contribution in [3.05, 3.63) is 42.1 Å². The average Bonchev–Trinajstić information content (AvgIpc) is 3.28. The van der Waals surface area contributed by atoms with Crippen LogP contribution in [0.15, 0.2) is 36.5 Å². The molecule has 1 aromatic heterocycles. The van der Waals surface area contributed by atoms with Crippen molar-refractivity contribution < 1.29 is 4.79 Å². The van der Waals surface area contributed by atoms with Gasteiger partial charge in [-0.3, -0.25) is 9.78 Å². The van der Waals surface area contributed by atoms with Gasteiger partial charge >= 0.3 is 0 Å². The van der Waals surface area contributed by atoms with Crippen LogP contribution in [0.4, 0.5) is 0 Å². The molecule has 1 heterocycles. The predicted molar refractivity (Wildman–Crippen MR) is 79.2 cm³/mol. The summed E-state index contributed by atoms with van der Waals surface area (Å²) in [6.45, 7) is 0.379. The number of hydrogen-bond acceptors (Lipinski definition) is 3. The van der Waals surface area contributed by atoms with Gasteiger partial charge in [0.25, 0.3) is 0 Å². The minimum atomic E-state index is -0.148. The van der Waals surface area contributed by atoms with E-state index in [1.54, 1.807) is 6.20 Å². The van der Waals surface area contributed by atoms with Gasteiger partial charge in [0.05, 0.1) is 11.4 Å². The first kappa shape index (κ1) is 13.1. The summed E-state index contributed by atoms with van der Waals surface area (Å²) in [7, 11) is 0. The Bertz CT molecular complexity index is 622. The van der Waals surface area contributed by atoms with Gasteiger partial charge in [-0.2, -0.15) is 0 Å². The molecule has 20 heavy (non-hydrogen) atoms. The second kappa shape index (κ2) is 5.59. The van der Waals surface area contributed by atoms with Crippen molar-refractivity contribution >= 4 is 16.8 Å². The van der Waals surface area contributed by atoms with E-state index in [1.165, 1.54) is 0 Å². The minimum absolute atomic E-state index is 0.0845. The number of hydrogen-bond donors (Lipinski definition) is 2. The standard InChI is InChI=1S/C16H19N3O/c17-10-13(16(20)19-14-4-5-14)9-11-3-6-15-12(8-11)2-1-7-18-15/h1-3,6-8,13-14H,4-5,9-10,17H2,(H,19,20). The number of nitrogens with zero attached hydrogens (tertiary/aromatic N) is 1. The van der Waals surface area contributed by atoms with E-state index >= 15 is 0 Å². The van der Waals surface area contributed by atoms with Crippen LogP contribution < -0.4 is 11.1 Å². The molecule has 1 saturated carbocycles. The third-order valence-electron chi connectivity index (χ3n) is 3.73. The number of aromatic nitrogens is 1. The lowest BCUT2D eigenvalue weighted by Crippen LogP contribution is -2.37. The highest BCUT2D eigenvalue weighted by Crippen LogP contribution is 2.20. The lowest BCUT2D eigenvalue weighted by atomic mass is 9.97. The molecule has 0 bridgehead atoms. The molecule has 4 heteroatoms. The fourth-order valence-corrected chi connectivity index (χ4v) is 2.37. The summed E-state index contributed by atoms with van der Waals surface area (Å²) in [6, 6.07) is 10.5. The van der Waals surface area contributed by atoms with E-state index in [1.807, 2.05) is 24.3 Å². The zero-order chi connectivity index (χ0) is 13.9. The number of nitrogens with two attached hydrogens (primary N) is 1. The lowest BCUT2D eigenvalue weighted by Gasteiger charge is -2.15. The summed E-state index contributed by atoms with van der Waals surface area (Å²) in [4.78, 5) is 16.4. The van der Waals surface area contributed by atoms with Crippen LogP contribution in [0.25, 0.3) is 10.9 Å². The highest BCUT2D eigenvalue weighted by atomic mass is 16.2. The Labute approximate surface area is 118 Å². The summed E-state index contributed by atoms with van der Waals surface area (Å²) < 4.78 is 0. The van der Waals surface area contributed by atoms with E-state index in [0.29, 0.717) is 19.0 Å². The quantitative estimate of drug-likeness (QED) is 0.867. The monoisotopic (exact) mass is 269 g/mol. The fraction of sp³-hybridized carbons (Fsp3) is 0.375. The number of carbonyl (C=O) groups is 1. The molecule has 0 spiro atoms. The molecule has 1 aliphatic carbocycles. The molecule has 104 valence electrons. The van der Waals surface area contributed by atoms with Crippen LogP contribution in [0.1, 0.15) is 18.4 Å². The van der Waals surface area contributed by atoms with Crippen molar-refractivity contribution in [3.63, 3.8) is 0 Å². The summed E-state index contributed by atoms with van der Waals surface area (Å²) >= 11 is 0. The van der Waals surface area contributed by atoms with Gasteiger partial charge in [0.15, 0.2) is 0 Å². The van der Waals surface area contributed by atoms with Crippen LogP contribution in [-0.2, 0) is 11.2 Å². The first-order chi connectivity index (χ1) is 9.76. The molecule has 1 atom stereocenters. The van der Waals surface area contributed by atoms with Crippen LogP contribution in [0, 0.1) is 5.92 Å². The van der Waals surface area contributed by atoms with E-state index in [4.69, 9.17) is 5.73 Å². The SMILES string of the molecule is NCC(Cc1ccc2ncccc2c1)C(=O)NC1CC1. The third-order valence-corrected chi connectivity index (χ3v) is 3.73. The Kier molecular flexibility index (Phi) is 3.65. The van der Waals surface area contributed by atoms with Crippen molar-refractivity contribution in [3.8, 4) is 0 Å². The van der Waals surface area contributed by atoms with Gasteiger partial charge in [-0.25, -0.2) is 0 Å². The van der Waals surface area contributed by atoms with Crippen LogP contribution in [0.3, 0.4) is 0 Å². The van der Waals surface area contributed by atoms with Gasteiger partial charge in [0.2, 0.25) is 5.91 Å². The number of nitrogens with one attached hydrogen (secondary N) is 1. The highest BCUT2D eigenvalue weighted by Gasteiger charge is 2.26. The molecule has 4 nitrogen and oxygen atoms in total. The van der Waals surface area contributed by atoms with Gasteiger partial charge in [0, 0.05) is 24.2 Å². The Morgan fingerprint density at radius 2 is 2.25 bits per heavy atom. The van der Waals surface area contributed by atoms with Crippen molar-refractivity contribution in [2.24, 2.45) is 11.7 Å². The van der Waals surface area contributed by atoms with E-state index in [2.05, 4.69) is 16.4 Å². The second-order valence-corrected chi connectivity index (χ2v) is 5.45. The molecule has 0 saturated heterocycles. The molecule has 1 aromatic carbocycles.